The molecule has 1 fully saturated rings. The van der Waals surface area contributed by atoms with E-state index in [1.807, 2.05) is 0 Å². The Morgan fingerprint density at radius 2 is 1.25 bits per heavy atom. The highest BCUT2D eigenvalue weighted by Gasteiger charge is 2.11. The molecule has 0 atom stereocenters. The Balaban J connectivity index is 1.79. The van der Waals surface area contributed by atoms with Gasteiger partial charge in [-0.15, -0.1) is 0 Å². The molecule has 118 valence electrons. The SMILES string of the molecule is O=C(O)[13CH2]C[13CH2]C[13CH2]C[13CH2]C[13CH2]CC1CCCCCC1. The fraction of sp³-hybridized carbons (Fsp3) is 0.944. The fourth-order valence-electron chi connectivity index (χ4n) is 3.42. The first-order valence-corrected chi connectivity index (χ1v) is 9.01. The number of hydrogen-bond acceptors (Lipinski definition) is 1. The first kappa shape index (κ1) is 17.5. The largest absolute Gasteiger partial charge is 0.481 e. The van der Waals surface area contributed by atoms with Gasteiger partial charge in [0.15, 0.2) is 0 Å². The van der Waals surface area contributed by atoms with E-state index in [1.165, 1.54) is 83.5 Å². The van der Waals surface area contributed by atoms with E-state index in [4.69, 9.17) is 5.11 Å². The Kier molecular flexibility index (Phi) is 10.7. The van der Waals surface area contributed by atoms with Crippen molar-refractivity contribution in [2.75, 3.05) is 0 Å². The number of unbranched alkanes of at least 4 members (excludes halogenated alkanes) is 7. The van der Waals surface area contributed by atoms with E-state index in [9.17, 15) is 4.79 Å². The highest BCUT2D eigenvalue weighted by Crippen LogP contribution is 2.27. The summed E-state index contributed by atoms with van der Waals surface area (Å²) < 4.78 is 0. The van der Waals surface area contributed by atoms with Crippen molar-refractivity contribution in [3.05, 3.63) is 0 Å². The Morgan fingerprint density at radius 1 is 0.750 bits per heavy atom. The van der Waals surface area contributed by atoms with E-state index in [0.29, 0.717) is 6.42 Å². The van der Waals surface area contributed by atoms with Gasteiger partial charge in [0.25, 0.3) is 0 Å². The Hall–Kier alpha value is -0.530. The average Bonchev–Trinajstić information content (AvgIpc) is 2.69. The Morgan fingerprint density at radius 3 is 1.80 bits per heavy atom. The van der Waals surface area contributed by atoms with Crippen LogP contribution in [-0.2, 0) is 4.79 Å². The number of rotatable bonds is 11. The van der Waals surface area contributed by atoms with Gasteiger partial charge in [-0.1, -0.05) is 89.9 Å². The van der Waals surface area contributed by atoms with Crippen LogP contribution in [0.15, 0.2) is 0 Å². The second-order valence-electron chi connectivity index (χ2n) is 6.62. The lowest BCUT2D eigenvalue weighted by molar-refractivity contribution is -0.137. The molecule has 0 saturated heterocycles. The minimum atomic E-state index is -0.650. The summed E-state index contributed by atoms with van der Waals surface area (Å²) in [6, 6.07) is 0. The van der Waals surface area contributed by atoms with Crippen molar-refractivity contribution >= 4 is 5.97 Å². The maximum Gasteiger partial charge on any atom is 0.303 e. The molecule has 0 aromatic rings. The van der Waals surface area contributed by atoms with Gasteiger partial charge in [-0.2, -0.15) is 0 Å². The van der Waals surface area contributed by atoms with Gasteiger partial charge < -0.3 is 5.11 Å². The molecule has 0 aromatic carbocycles. The first-order valence-electron chi connectivity index (χ1n) is 9.01. The van der Waals surface area contributed by atoms with Crippen molar-refractivity contribution in [1.29, 1.82) is 0 Å². The molecule has 1 rings (SSSR count). The van der Waals surface area contributed by atoms with Crippen LogP contribution in [0.4, 0.5) is 0 Å². The summed E-state index contributed by atoms with van der Waals surface area (Å²) in [4.78, 5) is 10.4. The molecule has 2 nitrogen and oxygen atoms in total. The number of carboxylic acids is 1. The average molecular weight is 287 g/mol. The maximum atomic E-state index is 10.4. The molecule has 0 aliphatic heterocycles. The number of carbonyl (C=O) groups is 1. The maximum absolute atomic E-state index is 10.4. The summed E-state index contributed by atoms with van der Waals surface area (Å²) in [6.45, 7) is 0. The minimum absolute atomic E-state index is 0.349. The smallest absolute Gasteiger partial charge is 0.303 e. The monoisotopic (exact) mass is 287 g/mol. The zero-order chi connectivity index (χ0) is 14.5. The third-order valence-corrected chi connectivity index (χ3v) is 4.73. The molecule has 1 aliphatic rings. The van der Waals surface area contributed by atoms with Crippen molar-refractivity contribution in [2.45, 2.75) is 103 Å². The summed E-state index contributed by atoms with van der Waals surface area (Å²) in [5, 5.41) is 8.54. The van der Waals surface area contributed by atoms with Gasteiger partial charge in [0, 0.05) is 6.42 Å². The van der Waals surface area contributed by atoms with Crippen molar-refractivity contribution < 1.29 is 9.90 Å². The minimum Gasteiger partial charge on any atom is -0.481 e. The van der Waals surface area contributed by atoms with Crippen molar-refractivity contribution in [1.82, 2.24) is 0 Å². The van der Waals surface area contributed by atoms with Gasteiger partial charge in [0.1, 0.15) is 0 Å². The van der Waals surface area contributed by atoms with E-state index in [1.54, 1.807) is 0 Å². The van der Waals surface area contributed by atoms with E-state index in [0.717, 1.165) is 18.8 Å². The van der Waals surface area contributed by atoms with Crippen LogP contribution < -0.4 is 0 Å². The topological polar surface area (TPSA) is 37.3 Å². The van der Waals surface area contributed by atoms with Crippen LogP contribution in [0.3, 0.4) is 0 Å². The third-order valence-electron chi connectivity index (χ3n) is 4.73. The van der Waals surface area contributed by atoms with Gasteiger partial charge in [0.05, 0.1) is 0 Å². The lowest BCUT2D eigenvalue weighted by atomic mass is 9.99. The second kappa shape index (κ2) is 12.2. The molecule has 2 heteroatoms. The highest BCUT2D eigenvalue weighted by atomic mass is 16.4. The summed E-state index contributed by atoms with van der Waals surface area (Å²) >= 11 is 0. The van der Waals surface area contributed by atoms with E-state index >= 15 is 0 Å². The summed E-state index contributed by atoms with van der Waals surface area (Å²) in [7, 11) is 0. The van der Waals surface area contributed by atoms with Crippen LogP contribution in [-0.4, -0.2) is 11.1 Å². The Bertz CT molecular complexity index is 230. The standard InChI is InChI=1S/C18H34O2/c19-18(20)16-12-6-4-2-1-3-5-9-13-17-14-10-7-8-11-15-17/h17H,1-16H2,(H,19,20)/i2+1,3+1,6+1,9+1,16+1. The second-order valence-corrected chi connectivity index (χ2v) is 6.62. The van der Waals surface area contributed by atoms with Crippen LogP contribution in [0, 0.1) is 5.92 Å². The van der Waals surface area contributed by atoms with Gasteiger partial charge >= 0.3 is 5.97 Å². The molecule has 1 N–H and O–H groups in total. The molecule has 1 aliphatic carbocycles. The normalized spacial score (nSPS) is 17.0. The highest BCUT2D eigenvalue weighted by molar-refractivity contribution is 5.66. The van der Waals surface area contributed by atoms with Crippen molar-refractivity contribution in [2.24, 2.45) is 5.92 Å². The number of carboxylic acid groups (broad SMARTS) is 1. The molecule has 0 amide bonds. The zero-order valence-electron chi connectivity index (χ0n) is 13.2. The molecular formula is C18H34O2. The van der Waals surface area contributed by atoms with Crippen LogP contribution in [0.2, 0.25) is 0 Å². The van der Waals surface area contributed by atoms with Crippen LogP contribution >= 0.6 is 0 Å². The molecule has 0 unspecified atom stereocenters. The van der Waals surface area contributed by atoms with Gasteiger partial charge in [-0.05, 0) is 12.3 Å². The van der Waals surface area contributed by atoms with E-state index in [-0.39, 0.29) is 0 Å². The molecule has 1 saturated carbocycles. The van der Waals surface area contributed by atoms with Crippen molar-refractivity contribution in [3.63, 3.8) is 0 Å². The molecule has 0 heterocycles. The molecule has 0 radical (unpaired) electrons. The molecule has 0 aromatic heterocycles. The predicted octanol–water partition coefficient (Wildman–Crippen LogP) is 5.94. The van der Waals surface area contributed by atoms with Gasteiger partial charge in [0.2, 0.25) is 0 Å². The Labute approximate surface area is 125 Å². The van der Waals surface area contributed by atoms with Crippen molar-refractivity contribution in [3.8, 4) is 0 Å². The quantitative estimate of drug-likeness (QED) is 0.290. The fourth-order valence-corrected chi connectivity index (χ4v) is 3.42. The van der Waals surface area contributed by atoms with E-state index < -0.39 is 5.97 Å². The third kappa shape index (κ3) is 10.3. The van der Waals surface area contributed by atoms with Crippen LogP contribution in [0.25, 0.3) is 0 Å². The lowest BCUT2D eigenvalue weighted by Gasteiger charge is -2.13. The number of hydrogen-bond donors (Lipinski definition) is 1. The van der Waals surface area contributed by atoms with Crippen LogP contribution in [0.1, 0.15) is 103 Å². The number of aliphatic carboxylic acids is 1. The summed E-state index contributed by atoms with van der Waals surface area (Å²) in [5.41, 5.74) is 0. The summed E-state index contributed by atoms with van der Waals surface area (Å²) in [5.74, 6) is 0.386. The molecular weight excluding hydrogens is 253 g/mol. The van der Waals surface area contributed by atoms with E-state index in [2.05, 4.69) is 0 Å². The lowest BCUT2D eigenvalue weighted by Crippen LogP contribution is -1.98. The molecule has 20 heavy (non-hydrogen) atoms. The van der Waals surface area contributed by atoms with Gasteiger partial charge in [-0.25, -0.2) is 0 Å². The first-order chi connectivity index (χ1) is 9.79. The van der Waals surface area contributed by atoms with Crippen LogP contribution in [0.5, 0.6) is 0 Å². The molecule has 0 bridgehead atoms. The molecule has 0 spiro atoms. The van der Waals surface area contributed by atoms with Gasteiger partial charge in [-0.3, -0.25) is 4.79 Å². The predicted molar refractivity (Wildman–Crippen MR) is 85.0 cm³/mol. The summed E-state index contributed by atoms with van der Waals surface area (Å²) in [6.07, 6.45) is 20.7. The zero-order valence-corrected chi connectivity index (χ0v) is 13.2.